The molecular weight excluding hydrogens is 584 g/mol. The molecule has 0 bridgehead atoms. The largest absolute Gasteiger partial charge is 0.328 e. The zero-order valence-electron chi connectivity index (χ0n) is 23.0. The number of sulfonamides is 1. The fraction of sp³-hybridized carbons (Fsp3) is 0.121. The molecule has 0 radical (unpaired) electrons. The van der Waals surface area contributed by atoms with Crippen molar-refractivity contribution in [2.24, 2.45) is 0 Å². The van der Waals surface area contributed by atoms with Crippen LogP contribution >= 0.6 is 11.6 Å². The highest BCUT2D eigenvalue weighted by molar-refractivity contribution is 7.92. The third-order valence-corrected chi connectivity index (χ3v) is 9.43. The number of piperazine rings is 1. The fourth-order valence-electron chi connectivity index (χ4n) is 5.21. The molecule has 1 aliphatic heterocycles. The van der Waals surface area contributed by atoms with E-state index < -0.39 is 15.9 Å². The number of anilines is 2. The van der Waals surface area contributed by atoms with Gasteiger partial charge in [-0.2, -0.15) is 0 Å². The quantitative estimate of drug-likeness (QED) is 0.233. The zero-order valence-corrected chi connectivity index (χ0v) is 24.6. The van der Waals surface area contributed by atoms with E-state index in [-0.39, 0.29) is 29.5 Å². The Morgan fingerprint density at radius 3 is 2.42 bits per heavy atom. The number of aromatic nitrogens is 1. The molecule has 0 atom stereocenters. The maximum atomic E-state index is 14.0. The molecule has 2 heterocycles. The van der Waals surface area contributed by atoms with E-state index in [1.807, 2.05) is 54.6 Å². The number of carbonyl (C=O) groups is 2. The van der Waals surface area contributed by atoms with Gasteiger partial charge in [0.2, 0.25) is 5.91 Å². The topological polar surface area (TPSA) is 90.9 Å². The first-order valence-electron chi connectivity index (χ1n) is 13.7. The highest BCUT2D eigenvalue weighted by Gasteiger charge is 2.31. The molecule has 1 aliphatic rings. The van der Waals surface area contributed by atoms with Gasteiger partial charge in [0.25, 0.3) is 15.9 Å². The van der Waals surface area contributed by atoms with Crippen LogP contribution in [0.1, 0.15) is 15.9 Å². The van der Waals surface area contributed by atoms with Crippen LogP contribution in [-0.4, -0.2) is 49.8 Å². The molecule has 0 aliphatic carbocycles. The number of pyridine rings is 1. The fourth-order valence-corrected chi connectivity index (χ4v) is 6.84. The molecule has 1 fully saturated rings. The summed E-state index contributed by atoms with van der Waals surface area (Å²) < 4.78 is 29.4. The first-order chi connectivity index (χ1) is 20.8. The summed E-state index contributed by atoms with van der Waals surface area (Å²) >= 11 is 6.08. The second-order valence-electron chi connectivity index (χ2n) is 10.1. The number of benzene rings is 4. The van der Waals surface area contributed by atoms with Crippen LogP contribution in [0.3, 0.4) is 0 Å². The average Bonchev–Trinajstić information content (AvgIpc) is 3.04. The molecule has 0 N–H and O–H groups in total. The van der Waals surface area contributed by atoms with Gasteiger partial charge in [0.1, 0.15) is 6.54 Å². The summed E-state index contributed by atoms with van der Waals surface area (Å²) in [6.45, 7) is 0.575. The van der Waals surface area contributed by atoms with E-state index in [4.69, 9.17) is 11.6 Å². The molecule has 43 heavy (non-hydrogen) atoms. The van der Waals surface area contributed by atoms with Crippen molar-refractivity contribution in [2.75, 3.05) is 28.8 Å². The van der Waals surface area contributed by atoms with Gasteiger partial charge in [-0.3, -0.25) is 18.9 Å². The van der Waals surface area contributed by atoms with Crippen LogP contribution in [0.2, 0.25) is 5.02 Å². The van der Waals surface area contributed by atoms with Gasteiger partial charge >= 0.3 is 0 Å². The number of carbonyl (C=O) groups excluding carboxylic acids is 2. The Bertz CT molecular complexity index is 1910. The summed E-state index contributed by atoms with van der Waals surface area (Å²) in [6, 6.07) is 29.4. The Hall–Kier alpha value is -4.73. The van der Waals surface area contributed by atoms with Gasteiger partial charge in [-0.1, -0.05) is 60.1 Å². The van der Waals surface area contributed by atoms with E-state index in [0.717, 1.165) is 22.0 Å². The Labute approximate surface area is 254 Å². The summed E-state index contributed by atoms with van der Waals surface area (Å²) in [5, 5.41) is 2.31. The van der Waals surface area contributed by atoms with Crippen LogP contribution in [0.25, 0.3) is 10.8 Å². The molecule has 216 valence electrons. The number of halogens is 1. The second kappa shape index (κ2) is 11.9. The van der Waals surface area contributed by atoms with Crippen LogP contribution in [-0.2, 0) is 21.4 Å². The third kappa shape index (κ3) is 5.82. The Kier molecular flexibility index (Phi) is 7.84. The van der Waals surface area contributed by atoms with Gasteiger partial charge in [-0.15, -0.1) is 0 Å². The molecule has 2 amide bonds. The minimum absolute atomic E-state index is 0.0291. The van der Waals surface area contributed by atoms with Gasteiger partial charge in [-0.05, 0) is 60.2 Å². The van der Waals surface area contributed by atoms with E-state index in [1.165, 1.54) is 21.3 Å². The van der Waals surface area contributed by atoms with Crippen molar-refractivity contribution in [1.82, 2.24) is 9.88 Å². The van der Waals surface area contributed by atoms with E-state index in [2.05, 4.69) is 4.98 Å². The third-order valence-electron chi connectivity index (χ3n) is 7.41. The van der Waals surface area contributed by atoms with Gasteiger partial charge < -0.3 is 9.80 Å². The minimum Gasteiger partial charge on any atom is -0.328 e. The van der Waals surface area contributed by atoms with Gasteiger partial charge in [-0.25, -0.2) is 8.42 Å². The normalized spacial score (nSPS) is 13.7. The smallest absolute Gasteiger partial charge is 0.264 e. The molecule has 0 saturated carbocycles. The maximum absolute atomic E-state index is 14.0. The summed E-state index contributed by atoms with van der Waals surface area (Å²) in [5.74, 6) is -0.627. The molecule has 1 aromatic heterocycles. The van der Waals surface area contributed by atoms with Gasteiger partial charge in [0.15, 0.2) is 0 Å². The average molecular weight is 611 g/mol. The lowest BCUT2D eigenvalue weighted by Gasteiger charge is -2.35. The van der Waals surface area contributed by atoms with Crippen molar-refractivity contribution >= 4 is 55.6 Å². The monoisotopic (exact) mass is 610 g/mol. The zero-order chi connectivity index (χ0) is 30.0. The second-order valence-corrected chi connectivity index (χ2v) is 12.4. The van der Waals surface area contributed by atoms with E-state index >= 15 is 0 Å². The summed E-state index contributed by atoms with van der Waals surface area (Å²) in [6.07, 6.45) is 3.43. The molecule has 6 rings (SSSR count). The molecular formula is C33H27ClN4O4S. The SMILES string of the molecule is O=C(c1cccc(S(=O)(=O)N(Cc2ccccc2)c2ccc(Cl)cc2)c1)N1CCN(c2cccc3cnccc23)C(=O)C1. The molecule has 0 spiro atoms. The van der Waals surface area contributed by atoms with Crippen LogP contribution in [0.5, 0.6) is 0 Å². The van der Waals surface area contributed by atoms with Gasteiger partial charge in [0.05, 0.1) is 22.8 Å². The van der Waals surface area contributed by atoms with Crippen molar-refractivity contribution in [2.45, 2.75) is 11.4 Å². The highest BCUT2D eigenvalue weighted by Crippen LogP contribution is 2.30. The van der Waals surface area contributed by atoms with Crippen molar-refractivity contribution < 1.29 is 18.0 Å². The predicted molar refractivity (Wildman–Crippen MR) is 168 cm³/mol. The van der Waals surface area contributed by atoms with Crippen LogP contribution in [0.15, 0.2) is 120 Å². The first kappa shape index (κ1) is 28.4. The Balaban J connectivity index is 1.25. The lowest BCUT2D eigenvalue weighted by molar-refractivity contribution is -0.120. The lowest BCUT2D eigenvalue weighted by Crippen LogP contribution is -2.52. The van der Waals surface area contributed by atoms with Crippen molar-refractivity contribution in [3.8, 4) is 0 Å². The highest BCUT2D eigenvalue weighted by atomic mass is 35.5. The molecule has 0 unspecified atom stereocenters. The van der Waals surface area contributed by atoms with E-state index in [1.54, 1.807) is 53.7 Å². The number of nitrogens with zero attached hydrogens (tertiary/aromatic N) is 4. The number of hydrogen-bond acceptors (Lipinski definition) is 5. The molecule has 5 aromatic rings. The predicted octanol–water partition coefficient (Wildman–Crippen LogP) is 5.77. The molecule has 1 saturated heterocycles. The molecule has 4 aromatic carbocycles. The number of fused-ring (bicyclic) bond motifs is 1. The van der Waals surface area contributed by atoms with Crippen LogP contribution < -0.4 is 9.21 Å². The van der Waals surface area contributed by atoms with Crippen molar-refractivity contribution in [1.29, 1.82) is 0 Å². The summed E-state index contributed by atoms with van der Waals surface area (Å²) in [5.41, 5.74) is 2.20. The van der Waals surface area contributed by atoms with E-state index in [9.17, 15) is 18.0 Å². The van der Waals surface area contributed by atoms with Crippen LogP contribution in [0.4, 0.5) is 11.4 Å². The standard InChI is InChI=1S/C33H27ClN4O4S/c34-27-12-14-28(15-13-27)38(22-24-6-2-1-3-7-24)43(41,42)29-10-4-8-25(20-29)33(40)36-18-19-37(32(39)23-36)31-11-5-9-26-21-35-17-16-30(26)31/h1-17,20-21H,18-19,22-23H2. The summed E-state index contributed by atoms with van der Waals surface area (Å²) in [4.78, 5) is 34.1. The molecule has 8 nitrogen and oxygen atoms in total. The summed E-state index contributed by atoms with van der Waals surface area (Å²) in [7, 11) is -4.09. The maximum Gasteiger partial charge on any atom is 0.264 e. The van der Waals surface area contributed by atoms with Crippen LogP contribution in [0, 0.1) is 0 Å². The van der Waals surface area contributed by atoms with Crippen molar-refractivity contribution in [3.05, 3.63) is 132 Å². The first-order valence-corrected chi connectivity index (χ1v) is 15.5. The van der Waals surface area contributed by atoms with Gasteiger partial charge in [0, 0.05) is 46.8 Å². The lowest BCUT2D eigenvalue weighted by atomic mass is 10.1. The Morgan fingerprint density at radius 2 is 1.65 bits per heavy atom. The molecule has 10 heteroatoms. The number of hydrogen-bond donors (Lipinski definition) is 0. The minimum atomic E-state index is -4.09. The number of amides is 2. The number of rotatable bonds is 7. The Morgan fingerprint density at radius 1 is 0.884 bits per heavy atom. The van der Waals surface area contributed by atoms with Crippen molar-refractivity contribution in [3.63, 3.8) is 0 Å². The van der Waals surface area contributed by atoms with E-state index in [0.29, 0.717) is 23.8 Å².